The van der Waals surface area contributed by atoms with Gasteiger partial charge in [-0.3, -0.25) is 4.21 Å². The van der Waals surface area contributed by atoms with Crippen molar-refractivity contribution in [1.29, 1.82) is 0 Å². The largest absolute Gasteiger partial charge is 0.407 e. The smallest absolute Gasteiger partial charge is 0.315 e. The van der Waals surface area contributed by atoms with Crippen molar-refractivity contribution in [1.82, 2.24) is 10.2 Å². The fraction of sp³-hybridized carbons (Fsp3) is 0.750. The predicted octanol–water partition coefficient (Wildman–Crippen LogP) is 1.38. The molecule has 0 saturated carbocycles. The molecular weight excluding hydrogens is 238 g/mol. The highest BCUT2D eigenvalue weighted by Gasteiger charge is 2.07. The Morgan fingerprint density at radius 2 is 2.33 bits per heavy atom. The molecule has 0 aliphatic carbocycles. The number of rotatable bonds is 6. The van der Waals surface area contributed by atoms with Crippen LogP contribution >= 0.6 is 11.6 Å². The lowest BCUT2D eigenvalue weighted by Gasteiger charge is -2.07. The van der Waals surface area contributed by atoms with Gasteiger partial charge in [0.15, 0.2) is 0 Å². The average molecular weight is 252 g/mol. The summed E-state index contributed by atoms with van der Waals surface area (Å²) in [7, 11) is -0.792. The van der Waals surface area contributed by atoms with Gasteiger partial charge in [0.2, 0.25) is 5.89 Å². The van der Waals surface area contributed by atoms with Crippen molar-refractivity contribution in [2.24, 2.45) is 0 Å². The maximum absolute atomic E-state index is 11.1. The van der Waals surface area contributed by atoms with Gasteiger partial charge >= 0.3 is 6.01 Å². The highest BCUT2D eigenvalue weighted by Crippen LogP contribution is 2.08. The van der Waals surface area contributed by atoms with Gasteiger partial charge in [0.1, 0.15) is 5.88 Å². The van der Waals surface area contributed by atoms with Crippen LogP contribution in [0.5, 0.6) is 0 Å². The second kappa shape index (κ2) is 6.07. The number of alkyl halides is 1. The first-order valence-corrected chi connectivity index (χ1v) is 6.73. The monoisotopic (exact) mass is 251 g/mol. The normalized spacial score (nSPS) is 14.9. The zero-order valence-electron chi connectivity index (χ0n) is 8.70. The fourth-order valence-corrected chi connectivity index (χ4v) is 1.49. The number of nitrogens with zero attached hydrogens (tertiary/aromatic N) is 2. The molecule has 0 aromatic carbocycles. The van der Waals surface area contributed by atoms with Gasteiger partial charge in [0.25, 0.3) is 0 Å². The molecule has 1 heterocycles. The van der Waals surface area contributed by atoms with Gasteiger partial charge in [-0.1, -0.05) is 12.0 Å². The van der Waals surface area contributed by atoms with E-state index in [0.717, 1.165) is 6.42 Å². The molecule has 0 amide bonds. The molecule has 1 N–H and O–H groups in total. The molecule has 1 rings (SSSR count). The zero-order chi connectivity index (χ0) is 11.3. The fourth-order valence-electron chi connectivity index (χ4n) is 0.927. The standard InChI is InChI=1S/C8H14ClN3O2S/c1-6(15(2)13)3-4-10-8-12-11-7(5-9)14-8/h6H,3-5H2,1-2H3,(H,10,12). The van der Waals surface area contributed by atoms with Crippen LogP contribution in [-0.4, -0.2) is 32.5 Å². The molecule has 5 nitrogen and oxygen atoms in total. The number of hydrogen-bond donors (Lipinski definition) is 1. The SMILES string of the molecule is CC(CCNc1nnc(CCl)o1)S(C)=O. The van der Waals surface area contributed by atoms with E-state index in [4.69, 9.17) is 16.0 Å². The lowest BCUT2D eigenvalue weighted by atomic mass is 10.3. The van der Waals surface area contributed by atoms with E-state index in [9.17, 15) is 4.21 Å². The minimum Gasteiger partial charge on any atom is -0.407 e. The molecule has 1 aromatic heterocycles. The molecule has 0 bridgehead atoms. The van der Waals surface area contributed by atoms with Gasteiger partial charge in [0.05, 0.1) is 0 Å². The summed E-state index contributed by atoms with van der Waals surface area (Å²) in [5, 5.41) is 10.5. The highest BCUT2D eigenvalue weighted by atomic mass is 35.5. The van der Waals surface area contributed by atoms with Gasteiger partial charge in [-0.05, 0) is 6.42 Å². The minimum absolute atomic E-state index is 0.160. The summed E-state index contributed by atoms with van der Waals surface area (Å²) in [6.45, 7) is 2.60. The van der Waals surface area contributed by atoms with E-state index in [2.05, 4.69) is 15.5 Å². The molecule has 2 atom stereocenters. The van der Waals surface area contributed by atoms with Crippen LogP contribution in [0.15, 0.2) is 4.42 Å². The quantitative estimate of drug-likeness (QED) is 0.774. The van der Waals surface area contributed by atoms with E-state index in [-0.39, 0.29) is 11.1 Å². The summed E-state index contributed by atoms with van der Waals surface area (Å²) in [4.78, 5) is 0. The highest BCUT2D eigenvalue weighted by molar-refractivity contribution is 7.84. The molecule has 1 aromatic rings. The summed E-state index contributed by atoms with van der Waals surface area (Å²) < 4.78 is 16.2. The minimum atomic E-state index is -0.792. The van der Waals surface area contributed by atoms with Crippen molar-refractivity contribution in [3.05, 3.63) is 5.89 Å². The zero-order valence-corrected chi connectivity index (χ0v) is 10.3. The summed E-state index contributed by atoms with van der Waals surface area (Å²) in [5.41, 5.74) is 0. The van der Waals surface area contributed by atoms with Crippen molar-refractivity contribution in [2.75, 3.05) is 18.1 Å². The van der Waals surface area contributed by atoms with Crippen molar-refractivity contribution in [2.45, 2.75) is 24.5 Å². The van der Waals surface area contributed by atoms with Gasteiger partial charge < -0.3 is 9.73 Å². The molecule has 0 radical (unpaired) electrons. The van der Waals surface area contributed by atoms with Crippen LogP contribution in [-0.2, 0) is 16.7 Å². The van der Waals surface area contributed by atoms with E-state index >= 15 is 0 Å². The Kier molecular flexibility index (Phi) is 5.04. The summed E-state index contributed by atoms with van der Waals surface area (Å²) in [6.07, 6.45) is 2.49. The summed E-state index contributed by atoms with van der Waals surface area (Å²) in [6, 6.07) is 0.361. The predicted molar refractivity (Wildman–Crippen MR) is 60.5 cm³/mol. The topological polar surface area (TPSA) is 68.0 Å². The molecule has 0 fully saturated rings. The van der Waals surface area contributed by atoms with Crippen molar-refractivity contribution in [3.8, 4) is 0 Å². The number of aromatic nitrogens is 2. The van der Waals surface area contributed by atoms with Crippen LogP contribution in [0.4, 0.5) is 6.01 Å². The summed E-state index contributed by atoms with van der Waals surface area (Å²) in [5.74, 6) is 0.607. The van der Waals surface area contributed by atoms with E-state index in [1.54, 1.807) is 6.26 Å². The maximum atomic E-state index is 11.1. The first kappa shape index (κ1) is 12.4. The molecular formula is C8H14ClN3O2S. The van der Waals surface area contributed by atoms with Crippen molar-refractivity contribution in [3.63, 3.8) is 0 Å². The third-order valence-electron chi connectivity index (χ3n) is 1.97. The number of hydrogen-bond acceptors (Lipinski definition) is 5. The van der Waals surface area contributed by atoms with Crippen LogP contribution in [0, 0.1) is 0 Å². The van der Waals surface area contributed by atoms with Crippen molar-refractivity contribution >= 4 is 28.4 Å². The van der Waals surface area contributed by atoms with Crippen LogP contribution in [0.25, 0.3) is 0 Å². The number of nitrogens with one attached hydrogen (secondary N) is 1. The Labute approximate surface area is 96.1 Å². The Morgan fingerprint density at radius 1 is 1.60 bits per heavy atom. The van der Waals surface area contributed by atoms with E-state index in [1.165, 1.54) is 0 Å². The first-order valence-electron chi connectivity index (χ1n) is 4.58. The van der Waals surface area contributed by atoms with Gasteiger partial charge in [0, 0.05) is 28.9 Å². The van der Waals surface area contributed by atoms with Gasteiger partial charge in [-0.2, -0.15) is 0 Å². The molecule has 2 unspecified atom stereocenters. The molecule has 0 aliphatic heterocycles. The van der Waals surface area contributed by atoms with Crippen LogP contribution < -0.4 is 5.32 Å². The Bertz CT molecular complexity index is 331. The van der Waals surface area contributed by atoms with Crippen LogP contribution in [0.2, 0.25) is 0 Å². The Morgan fingerprint density at radius 3 is 2.87 bits per heavy atom. The summed E-state index contributed by atoms with van der Waals surface area (Å²) >= 11 is 5.50. The molecule has 0 saturated heterocycles. The third-order valence-corrected chi connectivity index (χ3v) is 3.57. The lowest BCUT2D eigenvalue weighted by Crippen LogP contribution is -2.14. The molecule has 15 heavy (non-hydrogen) atoms. The lowest BCUT2D eigenvalue weighted by molar-refractivity contribution is 0.524. The second-order valence-electron chi connectivity index (χ2n) is 3.16. The van der Waals surface area contributed by atoms with Crippen LogP contribution in [0.1, 0.15) is 19.2 Å². The second-order valence-corrected chi connectivity index (χ2v) is 5.23. The molecule has 0 aliphatic rings. The third kappa shape index (κ3) is 4.17. The van der Waals surface area contributed by atoms with Crippen molar-refractivity contribution < 1.29 is 8.63 Å². The van der Waals surface area contributed by atoms with E-state index < -0.39 is 10.8 Å². The number of anilines is 1. The number of halogens is 1. The van der Waals surface area contributed by atoms with E-state index in [1.807, 2.05) is 6.92 Å². The molecule has 0 spiro atoms. The van der Waals surface area contributed by atoms with Gasteiger partial charge in [-0.25, -0.2) is 0 Å². The average Bonchev–Trinajstić information content (AvgIpc) is 2.65. The van der Waals surface area contributed by atoms with Crippen LogP contribution in [0.3, 0.4) is 0 Å². The first-order chi connectivity index (χ1) is 7.13. The Balaban J connectivity index is 2.28. The molecule has 86 valence electrons. The Hall–Kier alpha value is -0.620. The maximum Gasteiger partial charge on any atom is 0.315 e. The van der Waals surface area contributed by atoms with Gasteiger partial charge in [-0.15, -0.1) is 16.7 Å². The van der Waals surface area contributed by atoms with E-state index in [0.29, 0.717) is 18.5 Å². The molecule has 7 heteroatoms.